The number of rotatable bonds is 4. The van der Waals surface area contributed by atoms with E-state index >= 15 is 0 Å². The van der Waals surface area contributed by atoms with Crippen molar-refractivity contribution in [1.82, 2.24) is 15.5 Å². The van der Waals surface area contributed by atoms with Crippen molar-refractivity contribution in [2.75, 3.05) is 7.05 Å². The number of nitrogens with zero attached hydrogens (tertiary/aromatic N) is 2. The summed E-state index contributed by atoms with van der Waals surface area (Å²) in [5, 5.41) is 12.8. The summed E-state index contributed by atoms with van der Waals surface area (Å²) in [5.41, 5.74) is 0. The maximum absolute atomic E-state index is 5.96. The lowest BCUT2D eigenvalue weighted by Gasteiger charge is -2.01. The van der Waals surface area contributed by atoms with Gasteiger partial charge in [-0.3, -0.25) is 0 Å². The second kappa shape index (κ2) is 5.25. The van der Waals surface area contributed by atoms with E-state index in [4.69, 9.17) is 16.3 Å². The maximum Gasteiger partial charge on any atom is 0.299 e. The van der Waals surface area contributed by atoms with Crippen LogP contribution >= 0.6 is 22.9 Å². The molecule has 0 saturated heterocycles. The Morgan fingerprint density at radius 1 is 1.38 bits per heavy atom. The van der Waals surface area contributed by atoms with Gasteiger partial charge >= 0.3 is 0 Å². The molecule has 0 aliphatic heterocycles. The SMILES string of the molecule is CNCc1nnc(Oc2ccccc2Cl)s1. The lowest BCUT2D eigenvalue weighted by Crippen LogP contribution is -2.04. The molecule has 0 radical (unpaired) electrons. The van der Waals surface area contributed by atoms with Gasteiger partial charge in [-0.05, 0) is 19.2 Å². The highest BCUT2D eigenvalue weighted by Gasteiger charge is 2.07. The molecule has 1 aromatic heterocycles. The zero-order valence-corrected chi connectivity index (χ0v) is 10.2. The standard InChI is InChI=1S/C10H10ClN3OS/c1-12-6-9-13-14-10(16-9)15-8-5-3-2-4-7(8)11/h2-5,12H,6H2,1H3. The molecular weight excluding hydrogens is 246 g/mol. The van der Waals surface area contributed by atoms with Gasteiger partial charge in [-0.25, -0.2) is 0 Å². The quantitative estimate of drug-likeness (QED) is 0.913. The number of benzene rings is 1. The minimum atomic E-state index is 0.498. The van der Waals surface area contributed by atoms with Crippen molar-refractivity contribution in [3.63, 3.8) is 0 Å². The zero-order valence-electron chi connectivity index (χ0n) is 8.61. The van der Waals surface area contributed by atoms with Crippen LogP contribution in [0.1, 0.15) is 5.01 Å². The number of aromatic nitrogens is 2. The first-order chi connectivity index (χ1) is 7.79. The Labute approximate surface area is 102 Å². The zero-order chi connectivity index (χ0) is 11.4. The number of halogens is 1. The van der Waals surface area contributed by atoms with E-state index < -0.39 is 0 Å². The van der Waals surface area contributed by atoms with Crippen LogP contribution in [-0.4, -0.2) is 17.2 Å². The van der Waals surface area contributed by atoms with Gasteiger partial charge in [0.25, 0.3) is 5.19 Å². The van der Waals surface area contributed by atoms with Crippen LogP contribution in [0.3, 0.4) is 0 Å². The summed E-state index contributed by atoms with van der Waals surface area (Å²) in [6.45, 7) is 0.684. The second-order valence-corrected chi connectivity index (χ2v) is 4.46. The van der Waals surface area contributed by atoms with Gasteiger partial charge in [0.15, 0.2) is 0 Å². The van der Waals surface area contributed by atoms with Crippen LogP contribution < -0.4 is 10.1 Å². The van der Waals surface area contributed by atoms with Gasteiger partial charge in [-0.1, -0.05) is 40.2 Å². The Morgan fingerprint density at radius 3 is 2.94 bits per heavy atom. The Bertz CT molecular complexity index is 475. The normalized spacial score (nSPS) is 10.4. The van der Waals surface area contributed by atoms with Gasteiger partial charge in [-0.15, -0.1) is 5.10 Å². The largest absolute Gasteiger partial charge is 0.428 e. The highest BCUT2D eigenvalue weighted by Crippen LogP contribution is 2.30. The molecule has 1 heterocycles. The molecule has 2 aromatic rings. The van der Waals surface area contributed by atoms with E-state index in [0.717, 1.165) is 5.01 Å². The van der Waals surface area contributed by atoms with Crippen LogP contribution in [0.5, 0.6) is 10.9 Å². The molecule has 0 spiro atoms. The van der Waals surface area contributed by atoms with Gasteiger partial charge in [-0.2, -0.15) is 0 Å². The molecule has 0 aliphatic rings. The topological polar surface area (TPSA) is 47.0 Å². The average molecular weight is 256 g/mol. The minimum absolute atomic E-state index is 0.498. The van der Waals surface area contributed by atoms with Gasteiger partial charge in [0, 0.05) is 6.54 Å². The van der Waals surface area contributed by atoms with E-state index in [9.17, 15) is 0 Å². The fourth-order valence-electron chi connectivity index (χ4n) is 1.12. The molecule has 1 aromatic carbocycles. The Morgan fingerprint density at radius 2 is 2.19 bits per heavy atom. The number of hydrogen-bond acceptors (Lipinski definition) is 5. The highest BCUT2D eigenvalue weighted by atomic mass is 35.5. The first-order valence-corrected chi connectivity index (χ1v) is 5.88. The summed E-state index contributed by atoms with van der Waals surface area (Å²) in [4.78, 5) is 0. The van der Waals surface area contributed by atoms with Gasteiger partial charge in [0.2, 0.25) is 0 Å². The molecule has 0 amide bonds. The highest BCUT2D eigenvalue weighted by molar-refractivity contribution is 7.13. The second-order valence-electron chi connectivity index (χ2n) is 3.02. The van der Waals surface area contributed by atoms with Crippen LogP contribution in [0.15, 0.2) is 24.3 Å². The van der Waals surface area contributed by atoms with Crippen molar-refractivity contribution < 1.29 is 4.74 Å². The molecule has 0 saturated carbocycles. The van der Waals surface area contributed by atoms with Crippen LogP contribution in [0.25, 0.3) is 0 Å². The Balaban J connectivity index is 2.11. The lowest BCUT2D eigenvalue weighted by molar-refractivity contribution is 0.473. The Kier molecular flexibility index (Phi) is 3.71. The molecule has 0 bridgehead atoms. The lowest BCUT2D eigenvalue weighted by atomic mass is 10.3. The molecule has 0 aliphatic carbocycles. The summed E-state index contributed by atoms with van der Waals surface area (Å²) in [6.07, 6.45) is 0. The molecule has 0 fully saturated rings. The van der Waals surface area contributed by atoms with Crippen LogP contribution in [-0.2, 0) is 6.54 Å². The third-order valence-electron chi connectivity index (χ3n) is 1.81. The first-order valence-electron chi connectivity index (χ1n) is 4.69. The monoisotopic (exact) mass is 255 g/mol. The van der Waals surface area contributed by atoms with Gasteiger partial charge in [0.05, 0.1) is 5.02 Å². The van der Waals surface area contributed by atoms with Crippen molar-refractivity contribution in [3.05, 3.63) is 34.3 Å². The van der Waals surface area contributed by atoms with Crippen molar-refractivity contribution in [2.45, 2.75) is 6.54 Å². The summed E-state index contributed by atoms with van der Waals surface area (Å²) in [7, 11) is 1.86. The van der Waals surface area contributed by atoms with E-state index in [1.807, 2.05) is 19.2 Å². The van der Waals surface area contributed by atoms with E-state index in [1.54, 1.807) is 12.1 Å². The summed E-state index contributed by atoms with van der Waals surface area (Å²) >= 11 is 7.36. The summed E-state index contributed by atoms with van der Waals surface area (Å²) in [6, 6.07) is 7.27. The van der Waals surface area contributed by atoms with E-state index in [1.165, 1.54) is 11.3 Å². The summed E-state index contributed by atoms with van der Waals surface area (Å²) < 4.78 is 5.52. The fourth-order valence-corrected chi connectivity index (χ4v) is 2.01. The molecule has 16 heavy (non-hydrogen) atoms. The molecule has 84 valence electrons. The van der Waals surface area contributed by atoms with Crippen molar-refractivity contribution in [1.29, 1.82) is 0 Å². The third-order valence-corrected chi connectivity index (χ3v) is 2.92. The Hall–Kier alpha value is -1.17. The molecule has 2 rings (SSSR count). The van der Waals surface area contributed by atoms with E-state index in [2.05, 4.69) is 15.5 Å². The fraction of sp³-hybridized carbons (Fsp3) is 0.200. The van der Waals surface area contributed by atoms with Crippen molar-refractivity contribution in [3.8, 4) is 10.9 Å². The predicted molar refractivity (Wildman–Crippen MR) is 64.2 cm³/mol. The predicted octanol–water partition coefficient (Wildman–Crippen LogP) is 2.70. The van der Waals surface area contributed by atoms with Crippen LogP contribution in [0.2, 0.25) is 5.02 Å². The minimum Gasteiger partial charge on any atom is -0.428 e. The smallest absolute Gasteiger partial charge is 0.299 e. The maximum atomic E-state index is 5.96. The molecule has 1 N–H and O–H groups in total. The van der Waals surface area contributed by atoms with Crippen molar-refractivity contribution >= 4 is 22.9 Å². The third kappa shape index (κ3) is 2.69. The number of para-hydroxylation sites is 1. The molecule has 0 atom stereocenters. The average Bonchev–Trinajstić information content (AvgIpc) is 2.70. The van der Waals surface area contributed by atoms with E-state index in [0.29, 0.717) is 22.5 Å². The number of nitrogens with one attached hydrogen (secondary N) is 1. The molecule has 4 nitrogen and oxygen atoms in total. The first kappa shape index (κ1) is 11.3. The van der Waals surface area contributed by atoms with Gasteiger partial charge < -0.3 is 10.1 Å². The number of ether oxygens (including phenoxy) is 1. The molecular formula is C10H10ClN3OS. The molecule has 0 unspecified atom stereocenters. The van der Waals surface area contributed by atoms with Crippen LogP contribution in [0.4, 0.5) is 0 Å². The van der Waals surface area contributed by atoms with Gasteiger partial charge in [0.1, 0.15) is 10.8 Å². The van der Waals surface area contributed by atoms with Crippen LogP contribution in [0, 0.1) is 0 Å². The number of hydrogen-bond donors (Lipinski definition) is 1. The molecule has 6 heteroatoms. The van der Waals surface area contributed by atoms with Crippen molar-refractivity contribution in [2.24, 2.45) is 0 Å². The van der Waals surface area contributed by atoms with E-state index in [-0.39, 0.29) is 0 Å². The summed E-state index contributed by atoms with van der Waals surface area (Å²) in [5.74, 6) is 0.594.